The molecule has 0 aliphatic heterocycles. The van der Waals surface area contributed by atoms with E-state index >= 15 is 0 Å². The number of rotatable bonds is 4. The first-order valence-electron chi connectivity index (χ1n) is 4.79. The summed E-state index contributed by atoms with van der Waals surface area (Å²) >= 11 is 0. The van der Waals surface area contributed by atoms with E-state index in [2.05, 4.69) is 5.32 Å². The van der Waals surface area contributed by atoms with Gasteiger partial charge in [0.2, 0.25) is 5.91 Å². The van der Waals surface area contributed by atoms with E-state index in [9.17, 15) is 9.59 Å². The number of carbonyl (C=O) groups excluding carboxylic acids is 1. The maximum absolute atomic E-state index is 11.1. The van der Waals surface area contributed by atoms with Crippen LogP contribution >= 0.6 is 0 Å². The molecule has 0 saturated carbocycles. The van der Waals surface area contributed by atoms with E-state index in [-0.39, 0.29) is 18.0 Å². The van der Waals surface area contributed by atoms with E-state index in [4.69, 9.17) is 5.11 Å². The number of nitrogens with one attached hydrogen (secondary N) is 1. The van der Waals surface area contributed by atoms with Gasteiger partial charge in [-0.2, -0.15) is 0 Å². The number of aromatic carboxylic acids is 1. The van der Waals surface area contributed by atoms with E-state index < -0.39 is 5.97 Å². The topological polar surface area (TPSA) is 69.6 Å². The fourth-order valence-electron chi connectivity index (χ4n) is 1.24. The number of amides is 1. The van der Waals surface area contributed by atoms with Crippen molar-refractivity contribution in [2.45, 2.75) is 0 Å². The lowest BCUT2D eigenvalue weighted by molar-refractivity contribution is -0.119. The van der Waals surface area contributed by atoms with E-state index in [0.717, 1.165) is 5.69 Å². The van der Waals surface area contributed by atoms with E-state index in [0.29, 0.717) is 0 Å². The van der Waals surface area contributed by atoms with Crippen LogP contribution in [0.3, 0.4) is 0 Å². The normalized spacial score (nSPS) is 9.62. The van der Waals surface area contributed by atoms with Crippen molar-refractivity contribution >= 4 is 17.6 Å². The predicted molar refractivity (Wildman–Crippen MR) is 60.7 cm³/mol. The molecular weight excluding hydrogens is 208 g/mol. The van der Waals surface area contributed by atoms with Crippen LogP contribution in [-0.2, 0) is 4.79 Å². The highest BCUT2D eigenvalue weighted by molar-refractivity contribution is 5.88. The van der Waals surface area contributed by atoms with Gasteiger partial charge in [0.05, 0.1) is 12.1 Å². The van der Waals surface area contributed by atoms with Gasteiger partial charge in [0, 0.05) is 19.8 Å². The molecule has 0 atom stereocenters. The summed E-state index contributed by atoms with van der Waals surface area (Å²) in [5.74, 6) is -1.05. The SMILES string of the molecule is CNC(=O)CN(C)c1ccc(C(=O)O)cc1. The second-order valence-electron chi connectivity index (χ2n) is 3.38. The molecule has 0 spiro atoms. The summed E-state index contributed by atoms with van der Waals surface area (Å²) in [6.07, 6.45) is 0. The van der Waals surface area contributed by atoms with Crippen molar-refractivity contribution in [3.63, 3.8) is 0 Å². The number of carbonyl (C=O) groups is 2. The lowest BCUT2D eigenvalue weighted by Gasteiger charge is -2.18. The molecule has 1 aromatic carbocycles. The Labute approximate surface area is 93.7 Å². The van der Waals surface area contributed by atoms with Gasteiger partial charge in [0.15, 0.2) is 0 Å². The molecule has 0 radical (unpaired) electrons. The maximum Gasteiger partial charge on any atom is 0.335 e. The smallest absolute Gasteiger partial charge is 0.335 e. The summed E-state index contributed by atoms with van der Waals surface area (Å²) in [6, 6.07) is 6.37. The number of carboxylic acid groups (broad SMARTS) is 1. The van der Waals surface area contributed by atoms with Crippen molar-refractivity contribution in [3.05, 3.63) is 29.8 Å². The molecule has 0 aliphatic carbocycles. The Kier molecular flexibility index (Phi) is 3.88. The van der Waals surface area contributed by atoms with Crippen molar-refractivity contribution in [2.75, 3.05) is 25.5 Å². The van der Waals surface area contributed by atoms with E-state index in [1.54, 1.807) is 31.1 Å². The standard InChI is InChI=1S/C11H14N2O3/c1-12-10(14)7-13(2)9-5-3-8(4-6-9)11(15)16/h3-6H,7H2,1-2H3,(H,12,14)(H,15,16). The summed E-state index contributed by atoms with van der Waals surface area (Å²) in [5.41, 5.74) is 1.03. The number of likely N-dealkylation sites (N-methyl/N-ethyl adjacent to an activating group) is 2. The largest absolute Gasteiger partial charge is 0.478 e. The number of benzene rings is 1. The second kappa shape index (κ2) is 5.16. The third-order valence-electron chi connectivity index (χ3n) is 2.21. The molecule has 0 aliphatic rings. The third-order valence-corrected chi connectivity index (χ3v) is 2.21. The van der Waals surface area contributed by atoms with Gasteiger partial charge < -0.3 is 15.3 Å². The molecule has 0 heterocycles. The first kappa shape index (κ1) is 12.0. The molecule has 0 fully saturated rings. The van der Waals surface area contributed by atoms with Crippen LogP contribution < -0.4 is 10.2 Å². The van der Waals surface area contributed by atoms with Gasteiger partial charge in [-0.15, -0.1) is 0 Å². The van der Waals surface area contributed by atoms with Gasteiger partial charge in [0.25, 0.3) is 0 Å². The molecule has 1 rings (SSSR count). The first-order valence-corrected chi connectivity index (χ1v) is 4.79. The van der Waals surface area contributed by atoms with Crippen molar-refractivity contribution < 1.29 is 14.7 Å². The van der Waals surface area contributed by atoms with Crippen molar-refractivity contribution in [2.24, 2.45) is 0 Å². The summed E-state index contributed by atoms with van der Waals surface area (Å²) in [6.45, 7) is 0.239. The van der Waals surface area contributed by atoms with Crippen LogP contribution in [0.5, 0.6) is 0 Å². The average molecular weight is 222 g/mol. The summed E-state index contributed by atoms with van der Waals surface area (Å²) in [5, 5.41) is 11.2. The van der Waals surface area contributed by atoms with Crippen LogP contribution in [0.4, 0.5) is 5.69 Å². The van der Waals surface area contributed by atoms with Crippen molar-refractivity contribution in [1.82, 2.24) is 5.32 Å². The minimum absolute atomic E-state index is 0.0928. The molecule has 86 valence electrons. The van der Waals surface area contributed by atoms with E-state index in [1.807, 2.05) is 0 Å². The van der Waals surface area contributed by atoms with Crippen LogP contribution in [0.15, 0.2) is 24.3 Å². The number of nitrogens with zero attached hydrogens (tertiary/aromatic N) is 1. The fraction of sp³-hybridized carbons (Fsp3) is 0.273. The molecular formula is C11H14N2O3. The first-order chi connectivity index (χ1) is 7.54. The zero-order chi connectivity index (χ0) is 12.1. The Balaban J connectivity index is 2.73. The molecule has 0 bridgehead atoms. The highest BCUT2D eigenvalue weighted by atomic mass is 16.4. The maximum atomic E-state index is 11.1. The zero-order valence-electron chi connectivity index (χ0n) is 9.23. The quantitative estimate of drug-likeness (QED) is 0.781. The Bertz CT molecular complexity index is 387. The highest BCUT2D eigenvalue weighted by Gasteiger charge is 2.07. The van der Waals surface area contributed by atoms with Crippen LogP contribution in [0.25, 0.3) is 0 Å². The Morgan fingerprint density at radius 2 is 1.88 bits per heavy atom. The minimum Gasteiger partial charge on any atom is -0.478 e. The van der Waals surface area contributed by atoms with Gasteiger partial charge in [-0.3, -0.25) is 4.79 Å². The van der Waals surface area contributed by atoms with Gasteiger partial charge in [-0.1, -0.05) is 0 Å². The monoisotopic (exact) mass is 222 g/mol. The Hall–Kier alpha value is -2.04. The molecule has 5 heteroatoms. The summed E-state index contributed by atoms with van der Waals surface area (Å²) in [4.78, 5) is 23.5. The second-order valence-corrected chi connectivity index (χ2v) is 3.38. The summed E-state index contributed by atoms with van der Waals surface area (Å²) in [7, 11) is 3.34. The average Bonchev–Trinajstić information content (AvgIpc) is 2.28. The van der Waals surface area contributed by atoms with Gasteiger partial charge in [-0.25, -0.2) is 4.79 Å². The van der Waals surface area contributed by atoms with Gasteiger partial charge in [0.1, 0.15) is 0 Å². The van der Waals surface area contributed by atoms with Gasteiger partial charge in [-0.05, 0) is 24.3 Å². The molecule has 5 nitrogen and oxygen atoms in total. The number of hydrogen-bond donors (Lipinski definition) is 2. The Morgan fingerprint density at radius 3 is 2.31 bits per heavy atom. The molecule has 1 amide bonds. The molecule has 0 aromatic heterocycles. The van der Waals surface area contributed by atoms with Gasteiger partial charge >= 0.3 is 5.97 Å². The minimum atomic E-state index is -0.958. The Morgan fingerprint density at radius 1 is 1.31 bits per heavy atom. The number of hydrogen-bond acceptors (Lipinski definition) is 3. The third kappa shape index (κ3) is 2.98. The molecule has 0 unspecified atom stereocenters. The fourth-order valence-corrected chi connectivity index (χ4v) is 1.24. The van der Waals surface area contributed by atoms with Crippen LogP contribution in [0, 0.1) is 0 Å². The predicted octanol–water partition coefficient (Wildman–Crippen LogP) is 0.567. The zero-order valence-corrected chi connectivity index (χ0v) is 9.23. The molecule has 16 heavy (non-hydrogen) atoms. The molecule has 0 saturated heterocycles. The summed E-state index contributed by atoms with van der Waals surface area (Å²) < 4.78 is 0. The lowest BCUT2D eigenvalue weighted by Crippen LogP contribution is -2.32. The van der Waals surface area contributed by atoms with Crippen molar-refractivity contribution in [3.8, 4) is 0 Å². The van der Waals surface area contributed by atoms with Crippen LogP contribution in [-0.4, -0.2) is 37.6 Å². The van der Waals surface area contributed by atoms with Crippen LogP contribution in [0.2, 0.25) is 0 Å². The number of carboxylic acids is 1. The molecule has 2 N–H and O–H groups in total. The number of anilines is 1. The van der Waals surface area contributed by atoms with Crippen molar-refractivity contribution in [1.29, 1.82) is 0 Å². The lowest BCUT2D eigenvalue weighted by atomic mass is 10.2. The highest BCUT2D eigenvalue weighted by Crippen LogP contribution is 2.13. The van der Waals surface area contributed by atoms with E-state index in [1.165, 1.54) is 12.1 Å². The molecule has 1 aromatic rings. The van der Waals surface area contributed by atoms with Crippen LogP contribution in [0.1, 0.15) is 10.4 Å².